The van der Waals surface area contributed by atoms with E-state index < -0.39 is 11.9 Å². The van der Waals surface area contributed by atoms with Gasteiger partial charge in [0, 0.05) is 5.92 Å². The predicted octanol–water partition coefficient (Wildman–Crippen LogP) is 3.48. The van der Waals surface area contributed by atoms with E-state index in [9.17, 15) is 9.59 Å². The summed E-state index contributed by atoms with van der Waals surface area (Å²) in [6, 6.07) is 5.43. The summed E-state index contributed by atoms with van der Waals surface area (Å²) in [6.07, 6.45) is 2.57. The number of aliphatic carboxylic acids is 1. The van der Waals surface area contributed by atoms with Crippen molar-refractivity contribution >= 4 is 29.2 Å². The van der Waals surface area contributed by atoms with Gasteiger partial charge in [0.2, 0.25) is 5.91 Å². The number of aryl methyl sites for hydroxylation is 1. The van der Waals surface area contributed by atoms with Crippen LogP contribution in [0.3, 0.4) is 0 Å². The first-order chi connectivity index (χ1) is 9.49. The van der Waals surface area contributed by atoms with Crippen molar-refractivity contribution in [2.45, 2.75) is 32.6 Å². The Morgan fingerprint density at radius 3 is 2.65 bits per heavy atom. The van der Waals surface area contributed by atoms with Gasteiger partial charge in [0.1, 0.15) is 0 Å². The third kappa shape index (κ3) is 3.31. The fourth-order valence-electron chi connectivity index (χ4n) is 2.67. The number of hydrogen-bond donors (Lipinski definition) is 2. The summed E-state index contributed by atoms with van der Waals surface area (Å²) in [6.45, 7) is 1.88. The third-order valence-electron chi connectivity index (χ3n) is 3.86. The molecule has 4 nitrogen and oxygen atoms in total. The number of para-hydroxylation sites is 1. The summed E-state index contributed by atoms with van der Waals surface area (Å²) in [5, 5.41) is 12.4. The molecule has 1 aromatic carbocycles. The number of anilines is 1. The highest BCUT2D eigenvalue weighted by atomic mass is 35.5. The van der Waals surface area contributed by atoms with Crippen LogP contribution in [0.2, 0.25) is 5.02 Å². The molecular weight excluding hydrogens is 278 g/mol. The Labute approximate surface area is 123 Å². The Bertz CT molecular complexity index is 510. The summed E-state index contributed by atoms with van der Waals surface area (Å²) in [4.78, 5) is 23.3. The molecule has 0 heterocycles. The van der Waals surface area contributed by atoms with Crippen LogP contribution in [-0.4, -0.2) is 17.0 Å². The number of rotatable bonds is 3. The Morgan fingerprint density at radius 1 is 1.30 bits per heavy atom. The van der Waals surface area contributed by atoms with E-state index >= 15 is 0 Å². The standard InChI is InChI=1S/C15H18ClNO3/c1-9-4-2-7-12(16)13(9)17-14(18)10-5-3-6-11(8-10)15(19)20/h2,4,7,10-11H,3,5-6,8H2,1H3,(H,17,18)(H,19,20). The first kappa shape index (κ1) is 14.9. The first-order valence-electron chi connectivity index (χ1n) is 6.78. The monoisotopic (exact) mass is 295 g/mol. The van der Waals surface area contributed by atoms with Crippen LogP contribution in [0.25, 0.3) is 0 Å². The molecule has 2 N–H and O–H groups in total. The number of carbonyl (C=O) groups is 2. The fourth-order valence-corrected chi connectivity index (χ4v) is 2.94. The van der Waals surface area contributed by atoms with Gasteiger partial charge in [-0.3, -0.25) is 9.59 Å². The van der Waals surface area contributed by atoms with Gasteiger partial charge < -0.3 is 10.4 Å². The molecule has 0 aromatic heterocycles. The van der Waals surface area contributed by atoms with E-state index in [0.29, 0.717) is 23.6 Å². The summed E-state index contributed by atoms with van der Waals surface area (Å²) < 4.78 is 0. The van der Waals surface area contributed by atoms with Crippen LogP contribution in [-0.2, 0) is 9.59 Å². The largest absolute Gasteiger partial charge is 0.481 e. The van der Waals surface area contributed by atoms with Crippen LogP contribution in [0.5, 0.6) is 0 Å². The summed E-state index contributed by atoms with van der Waals surface area (Å²) in [5.74, 6) is -1.60. The van der Waals surface area contributed by atoms with Crippen molar-refractivity contribution in [2.24, 2.45) is 11.8 Å². The predicted molar refractivity (Wildman–Crippen MR) is 77.9 cm³/mol. The summed E-state index contributed by atoms with van der Waals surface area (Å²) in [5.41, 5.74) is 1.52. The SMILES string of the molecule is Cc1cccc(Cl)c1NC(=O)C1CCCC(C(=O)O)C1. The summed E-state index contributed by atoms with van der Waals surface area (Å²) in [7, 11) is 0. The highest BCUT2D eigenvalue weighted by molar-refractivity contribution is 6.33. The Morgan fingerprint density at radius 2 is 2.00 bits per heavy atom. The van der Waals surface area contributed by atoms with Gasteiger partial charge in [-0.1, -0.05) is 30.2 Å². The molecule has 108 valence electrons. The van der Waals surface area contributed by atoms with E-state index in [4.69, 9.17) is 16.7 Å². The number of amides is 1. The summed E-state index contributed by atoms with van der Waals surface area (Å²) >= 11 is 6.08. The second-order valence-electron chi connectivity index (χ2n) is 5.32. The molecule has 0 spiro atoms. The van der Waals surface area contributed by atoms with Gasteiger partial charge >= 0.3 is 5.97 Å². The van der Waals surface area contributed by atoms with Gasteiger partial charge in [0.05, 0.1) is 16.6 Å². The molecule has 1 aliphatic rings. The van der Waals surface area contributed by atoms with Crippen molar-refractivity contribution in [1.29, 1.82) is 0 Å². The van der Waals surface area contributed by atoms with E-state index in [1.807, 2.05) is 19.1 Å². The van der Waals surface area contributed by atoms with Crippen molar-refractivity contribution in [2.75, 3.05) is 5.32 Å². The second-order valence-corrected chi connectivity index (χ2v) is 5.73. The van der Waals surface area contributed by atoms with Crippen LogP contribution in [0.4, 0.5) is 5.69 Å². The van der Waals surface area contributed by atoms with Crippen LogP contribution in [0, 0.1) is 18.8 Å². The van der Waals surface area contributed by atoms with Crippen molar-refractivity contribution in [3.8, 4) is 0 Å². The maximum absolute atomic E-state index is 12.3. The molecule has 2 rings (SSSR count). The van der Waals surface area contributed by atoms with Gasteiger partial charge in [0.15, 0.2) is 0 Å². The molecule has 5 heteroatoms. The normalized spacial score (nSPS) is 22.3. The van der Waals surface area contributed by atoms with Crippen LogP contribution in [0.1, 0.15) is 31.2 Å². The maximum atomic E-state index is 12.3. The zero-order valence-electron chi connectivity index (χ0n) is 11.4. The topological polar surface area (TPSA) is 66.4 Å². The molecule has 0 aliphatic heterocycles. The lowest BCUT2D eigenvalue weighted by Gasteiger charge is -2.26. The Kier molecular flexibility index (Phi) is 4.65. The zero-order valence-corrected chi connectivity index (χ0v) is 12.1. The molecule has 1 amide bonds. The molecule has 1 aromatic rings. The molecule has 1 fully saturated rings. The quantitative estimate of drug-likeness (QED) is 0.897. The highest BCUT2D eigenvalue weighted by Gasteiger charge is 2.31. The molecule has 1 aliphatic carbocycles. The van der Waals surface area contributed by atoms with Gasteiger partial charge in [0.25, 0.3) is 0 Å². The highest BCUT2D eigenvalue weighted by Crippen LogP contribution is 2.32. The number of carboxylic acid groups (broad SMARTS) is 1. The molecule has 2 unspecified atom stereocenters. The van der Waals surface area contributed by atoms with E-state index in [-0.39, 0.29) is 11.8 Å². The average molecular weight is 296 g/mol. The van der Waals surface area contributed by atoms with E-state index in [1.54, 1.807) is 6.07 Å². The lowest BCUT2D eigenvalue weighted by Crippen LogP contribution is -2.31. The minimum Gasteiger partial charge on any atom is -0.481 e. The van der Waals surface area contributed by atoms with Gasteiger partial charge in [-0.15, -0.1) is 0 Å². The van der Waals surface area contributed by atoms with Crippen LogP contribution in [0.15, 0.2) is 18.2 Å². The van der Waals surface area contributed by atoms with Crippen LogP contribution >= 0.6 is 11.6 Å². The number of halogens is 1. The van der Waals surface area contributed by atoms with Gasteiger partial charge in [-0.05, 0) is 37.8 Å². The van der Waals surface area contributed by atoms with Crippen LogP contribution < -0.4 is 5.32 Å². The number of hydrogen-bond acceptors (Lipinski definition) is 2. The molecule has 0 radical (unpaired) electrons. The first-order valence-corrected chi connectivity index (χ1v) is 7.15. The lowest BCUT2D eigenvalue weighted by atomic mass is 9.81. The lowest BCUT2D eigenvalue weighted by molar-refractivity contribution is -0.143. The Hall–Kier alpha value is -1.55. The molecule has 20 heavy (non-hydrogen) atoms. The molecule has 1 saturated carbocycles. The van der Waals surface area contributed by atoms with Crippen molar-refractivity contribution in [1.82, 2.24) is 0 Å². The number of benzene rings is 1. The Balaban J connectivity index is 2.06. The van der Waals surface area contributed by atoms with Crippen molar-refractivity contribution in [3.63, 3.8) is 0 Å². The zero-order chi connectivity index (χ0) is 14.7. The number of carbonyl (C=O) groups excluding carboxylic acids is 1. The molecular formula is C15H18ClNO3. The van der Waals surface area contributed by atoms with E-state index in [2.05, 4.69) is 5.32 Å². The van der Waals surface area contributed by atoms with Crippen molar-refractivity contribution < 1.29 is 14.7 Å². The number of carboxylic acids is 1. The van der Waals surface area contributed by atoms with Gasteiger partial charge in [-0.25, -0.2) is 0 Å². The maximum Gasteiger partial charge on any atom is 0.306 e. The molecule has 0 bridgehead atoms. The third-order valence-corrected chi connectivity index (χ3v) is 4.18. The minimum absolute atomic E-state index is 0.132. The average Bonchev–Trinajstić information content (AvgIpc) is 2.43. The van der Waals surface area contributed by atoms with Crippen molar-refractivity contribution in [3.05, 3.63) is 28.8 Å². The van der Waals surface area contributed by atoms with E-state index in [1.165, 1.54) is 0 Å². The fraction of sp³-hybridized carbons (Fsp3) is 0.467. The minimum atomic E-state index is -0.809. The number of nitrogens with one attached hydrogen (secondary N) is 1. The molecule has 2 atom stereocenters. The van der Waals surface area contributed by atoms with E-state index in [0.717, 1.165) is 18.4 Å². The second kappa shape index (κ2) is 6.27. The van der Waals surface area contributed by atoms with Gasteiger partial charge in [-0.2, -0.15) is 0 Å². The smallest absolute Gasteiger partial charge is 0.306 e. The molecule has 0 saturated heterocycles.